The van der Waals surface area contributed by atoms with Crippen molar-refractivity contribution in [3.63, 3.8) is 0 Å². The van der Waals surface area contributed by atoms with Crippen LogP contribution in [-0.4, -0.2) is 6.71 Å². The Hall–Kier alpha value is -5.32. The van der Waals surface area contributed by atoms with Gasteiger partial charge in [0, 0.05) is 54.3 Å². The molecule has 1 aromatic heterocycles. The third-order valence-electron chi connectivity index (χ3n) is 9.43. The van der Waals surface area contributed by atoms with E-state index < -0.39 is 0 Å². The van der Waals surface area contributed by atoms with Crippen molar-refractivity contribution in [3.05, 3.63) is 152 Å². The van der Waals surface area contributed by atoms with Gasteiger partial charge in [-0.1, -0.05) is 103 Å². The summed E-state index contributed by atoms with van der Waals surface area (Å²) in [6.07, 6.45) is 0. The summed E-state index contributed by atoms with van der Waals surface area (Å²) in [6, 6.07) is 55.8. The lowest BCUT2D eigenvalue weighted by Crippen LogP contribution is -2.61. The lowest BCUT2D eigenvalue weighted by molar-refractivity contribution is 1.26. The molecule has 0 amide bonds. The molecule has 0 unspecified atom stereocenters. The summed E-state index contributed by atoms with van der Waals surface area (Å²) in [5, 5.41) is 5.28. The summed E-state index contributed by atoms with van der Waals surface area (Å²) >= 11 is 1.90. The molecular formula is C40H25BN2S. The molecule has 0 spiro atoms. The topological polar surface area (TPSA) is 6.48 Å². The first-order valence-corrected chi connectivity index (χ1v) is 16.0. The highest BCUT2D eigenvalue weighted by Gasteiger charge is 2.42. The molecule has 44 heavy (non-hydrogen) atoms. The molecule has 2 aliphatic rings. The zero-order chi connectivity index (χ0) is 28.8. The summed E-state index contributed by atoms with van der Waals surface area (Å²) in [5.41, 5.74) is 11.4. The van der Waals surface area contributed by atoms with Gasteiger partial charge in [-0.3, -0.25) is 0 Å². The number of para-hydroxylation sites is 3. The quantitative estimate of drug-likeness (QED) is 0.189. The van der Waals surface area contributed by atoms with E-state index in [1.807, 2.05) is 11.3 Å². The normalized spacial score (nSPS) is 13.3. The number of benzene rings is 7. The molecule has 7 aromatic carbocycles. The number of nitrogens with zero attached hydrogens (tertiary/aromatic N) is 2. The first kappa shape index (κ1) is 24.2. The Labute approximate surface area is 260 Å². The molecule has 0 atom stereocenters. The van der Waals surface area contributed by atoms with Crippen LogP contribution >= 0.6 is 11.3 Å². The van der Waals surface area contributed by atoms with Crippen LogP contribution in [0, 0.1) is 0 Å². The summed E-state index contributed by atoms with van der Waals surface area (Å²) in [5.74, 6) is 0. The fourth-order valence-corrected chi connectivity index (χ4v) is 8.87. The first-order chi connectivity index (χ1) is 21.8. The van der Waals surface area contributed by atoms with E-state index in [-0.39, 0.29) is 6.71 Å². The van der Waals surface area contributed by atoms with E-state index in [0.29, 0.717) is 0 Å². The summed E-state index contributed by atoms with van der Waals surface area (Å²) in [4.78, 5) is 4.93. The Bertz CT molecular complexity index is 2430. The van der Waals surface area contributed by atoms with Crippen LogP contribution in [-0.2, 0) is 0 Å². The molecule has 0 fully saturated rings. The van der Waals surface area contributed by atoms with E-state index in [9.17, 15) is 0 Å². The molecule has 2 nitrogen and oxygen atoms in total. The van der Waals surface area contributed by atoms with E-state index in [1.54, 1.807) is 0 Å². The van der Waals surface area contributed by atoms with Gasteiger partial charge in [-0.25, -0.2) is 0 Å². The molecule has 0 saturated heterocycles. The van der Waals surface area contributed by atoms with E-state index in [2.05, 4.69) is 161 Å². The number of hydrogen-bond donors (Lipinski definition) is 0. The SMILES string of the molecule is c1ccc(N2c3ccccc3B3c4ccccc4N(c4ccc5c(c4)sc4c6ccccc6ccc54)c4cccc2c43)cc1. The smallest absolute Gasteiger partial charge is 0.252 e. The highest BCUT2D eigenvalue weighted by atomic mass is 32.1. The van der Waals surface area contributed by atoms with Crippen LogP contribution in [0.4, 0.5) is 34.1 Å². The number of fused-ring (bicyclic) bond motifs is 9. The van der Waals surface area contributed by atoms with Crippen molar-refractivity contribution in [2.75, 3.05) is 9.80 Å². The molecule has 0 saturated carbocycles. The second kappa shape index (κ2) is 9.09. The fourth-order valence-electron chi connectivity index (χ4n) is 7.60. The van der Waals surface area contributed by atoms with E-state index in [1.165, 1.54) is 81.5 Å². The minimum atomic E-state index is 0.157. The zero-order valence-electron chi connectivity index (χ0n) is 23.8. The summed E-state index contributed by atoms with van der Waals surface area (Å²) in [7, 11) is 0. The minimum absolute atomic E-state index is 0.157. The monoisotopic (exact) mass is 576 g/mol. The maximum atomic E-state index is 2.49. The predicted octanol–water partition coefficient (Wildman–Crippen LogP) is 9.29. The Morgan fingerprint density at radius 3 is 1.82 bits per heavy atom. The van der Waals surface area contributed by atoms with Gasteiger partial charge in [0.05, 0.1) is 0 Å². The Kier molecular flexibility index (Phi) is 4.99. The molecule has 0 aliphatic carbocycles. The second-order valence-corrected chi connectivity index (χ2v) is 12.8. The van der Waals surface area contributed by atoms with Gasteiger partial charge >= 0.3 is 0 Å². The van der Waals surface area contributed by atoms with Crippen LogP contribution in [0.15, 0.2) is 152 Å². The first-order valence-electron chi connectivity index (χ1n) is 15.2. The maximum absolute atomic E-state index is 2.49. The zero-order valence-corrected chi connectivity index (χ0v) is 24.6. The highest BCUT2D eigenvalue weighted by molar-refractivity contribution is 7.26. The molecule has 4 heteroatoms. The number of anilines is 6. The third-order valence-corrected chi connectivity index (χ3v) is 10.6. The molecule has 204 valence electrons. The van der Waals surface area contributed by atoms with Gasteiger partial charge in [-0.15, -0.1) is 11.3 Å². The summed E-state index contributed by atoms with van der Waals surface area (Å²) in [6.45, 7) is 0.157. The molecule has 2 aliphatic heterocycles. The van der Waals surface area contributed by atoms with Crippen molar-refractivity contribution < 1.29 is 0 Å². The third kappa shape index (κ3) is 3.26. The van der Waals surface area contributed by atoms with Gasteiger partial charge in [0.15, 0.2) is 0 Å². The van der Waals surface area contributed by atoms with Gasteiger partial charge in [0.1, 0.15) is 0 Å². The fraction of sp³-hybridized carbons (Fsp3) is 0. The minimum Gasteiger partial charge on any atom is -0.311 e. The molecular weight excluding hydrogens is 551 g/mol. The van der Waals surface area contributed by atoms with Crippen molar-refractivity contribution >= 4 is 99.5 Å². The number of thiophene rings is 1. The van der Waals surface area contributed by atoms with Crippen molar-refractivity contribution in [2.45, 2.75) is 0 Å². The molecule has 3 heterocycles. The van der Waals surface area contributed by atoms with Gasteiger partial charge in [-0.05, 0) is 75.7 Å². The van der Waals surface area contributed by atoms with Gasteiger partial charge in [0.2, 0.25) is 0 Å². The maximum Gasteiger partial charge on any atom is 0.252 e. The highest BCUT2D eigenvalue weighted by Crippen LogP contribution is 2.46. The standard InChI is InChI=1S/C40H25BN2S/c1-2-12-27(13-3-1)42-34-17-8-6-15-32(34)41-33-16-7-9-18-35(33)43(37-20-10-19-36(42)39(37)41)28-22-24-30-31-23-21-26-11-4-5-14-29(26)40(31)44-38(30)25-28/h1-25H. The van der Waals surface area contributed by atoms with Crippen LogP contribution in [0.2, 0.25) is 0 Å². The Balaban J connectivity index is 1.24. The van der Waals surface area contributed by atoms with Crippen LogP contribution in [0.1, 0.15) is 0 Å². The Morgan fingerprint density at radius 1 is 0.432 bits per heavy atom. The van der Waals surface area contributed by atoms with Crippen molar-refractivity contribution in [1.29, 1.82) is 0 Å². The molecule has 8 aromatic rings. The lowest BCUT2D eigenvalue weighted by atomic mass is 9.33. The Morgan fingerprint density at radius 2 is 1.05 bits per heavy atom. The number of rotatable bonds is 2. The predicted molar refractivity (Wildman–Crippen MR) is 191 cm³/mol. The molecule has 0 radical (unpaired) electrons. The van der Waals surface area contributed by atoms with Crippen LogP contribution in [0.3, 0.4) is 0 Å². The van der Waals surface area contributed by atoms with Gasteiger partial charge in [-0.2, -0.15) is 0 Å². The van der Waals surface area contributed by atoms with Crippen molar-refractivity contribution in [2.24, 2.45) is 0 Å². The summed E-state index contributed by atoms with van der Waals surface area (Å²) < 4.78 is 2.68. The largest absolute Gasteiger partial charge is 0.311 e. The van der Waals surface area contributed by atoms with Crippen molar-refractivity contribution in [3.8, 4) is 0 Å². The molecule has 0 N–H and O–H groups in total. The molecule has 0 bridgehead atoms. The van der Waals surface area contributed by atoms with Crippen LogP contribution < -0.4 is 26.2 Å². The lowest BCUT2D eigenvalue weighted by Gasteiger charge is -2.44. The van der Waals surface area contributed by atoms with Gasteiger partial charge < -0.3 is 9.80 Å². The van der Waals surface area contributed by atoms with Crippen LogP contribution in [0.25, 0.3) is 30.9 Å². The van der Waals surface area contributed by atoms with Crippen molar-refractivity contribution in [1.82, 2.24) is 0 Å². The average Bonchev–Trinajstić information content (AvgIpc) is 3.47. The van der Waals surface area contributed by atoms with Gasteiger partial charge in [0.25, 0.3) is 6.71 Å². The van der Waals surface area contributed by atoms with Crippen LogP contribution in [0.5, 0.6) is 0 Å². The van der Waals surface area contributed by atoms with E-state index >= 15 is 0 Å². The second-order valence-electron chi connectivity index (χ2n) is 11.7. The van der Waals surface area contributed by atoms with E-state index in [4.69, 9.17) is 0 Å². The average molecular weight is 577 g/mol. The number of hydrogen-bond acceptors (Lipinski definition) is 3. The molecule has 10 rings (SSSR count). The van der Waals surface area contributed by atoms with E-state index in [0.717, 1.165) is 0 Å².